The van der Waals surface area contributed by atoms with Crippen LogP contribution in [0.3, 0.4) is 0 Å². The summed E-state index contributed by atoms with van der Waals surface area (Å²) in [6.07, 6.45) is -0.844. The number of alkyl halides is 2. The number of sulfonamides is 2. The van der Waals surface area contributed by atoms with Gasteiger partial charge in [0.15, 0.2) is 0 Å². The van der Waals surface area contributed by atoms with Crippen LogP contribution in [0.25, 0.3) is 0 Å². The van der Waals surface area contributed by atoms with Gasteiger partial charge in [0, 0.05) is 13.1 Å². The maximum atomic E-state index is 12.1. The molecule has 0 radical (unpaired) electrons. The van der Waals surface area contributed by atoms with Gasteiger partial charge in [-0.25, -0.2) is 22.0 Å². The quantitative estimate of drug-likeness (QED) is 0.807. The Morgan fingerprint density at radius 3 is 2.00 bits per heavy atom. The van der Waals surface area contributed by atoms with Crippen LogP contribution in [0.15, 0.2) is 34.1 Å². The van der Waals surface area contributed by atoms with Gasteiger partial charge in [0.25, 0.3) is 0 Å². The fraction of sp³-hybridized carbons (Fsp3) is 0.400. The van der Waals surface area contributed by atoms with Crippen LogP contribution in [0, 0.1) is 0 Å². The van der Waals surface area contributed by atoms with E-state index in [-0.39, 0.29) is 22.9 Å². The lowest BCUT2D eigenvalue weighted by molar-refractivity contribution is -0.185. The monoisotopic (exact) mass is 342 g/mol. The maximum Gasteiger partial charge on any atom is 0.345 e. The fourth-order valence-electron chi connectivity index (χ4n) is 1.78. The molecule has 0 aliphatic carbocycles. The van der Waals surface area contributed by atoms with Crippen molar-refractivity contribution >= 4 is 20.0 Å². The van der Waals surface area contributed by atoms with Crippen LogP contribution in [0.2, 0.25) is 0 Å². The normalized spacial score (nSPS) is 17.9. The summed E-state index contributed by atoms with van der Waals surface area (Å²) in [6.45, 7) is -3.30. The molecule has 21 heavy (non-hydrogen) atoms. The summed E-state index contributed by atoms with van der Waals surface area (Å²) < 4.78 is 75.4. The Morgan fingerprint density at radius 1 is 1.10 bits per heavy atom. The molecule has 11 heteroatoms. The molecule has 1 aromatic rings. The van der Waals surface area contributed by atoms with Crippen LogP contribution in [0.5, 0.6) is 0 Å². The SMILES string of the molecule is NS(=O)(=O)c1ccc(S(=O)(=O)N2CC(OC(F)F)C2)cc1. The first-order valence-electron chi connectivity index (χ1n) is 5.67. The lowest BCUT2D eigenvalue weighted by Crippen LogP contribution is -2.55. The minimum absolute atomic E-state index is 0.148. The summed E-state index contributed by atoms with van der Waals surface area (Å²) in [5.41, 5.74) is 0. The second-order valence-electron chi connectivity index (χ2n) is 4.36. The van der Waals surface area contributed by atoms with Crippen molar-refractivity contribution in [1.82, 2.24) is 4.31 Å². The van der Waals surface area contributed by atoms with Crippen LogP contribution < -0.4 is 5.14 Å². The largest absolute Gasteiger partial charge is 0.345 e. The number of benzene rings is 1. The third-order valence-corrected chi connectivity index (χ3v) is 5.67. The van der Waals surface area contributed by atoms with E-state index in [9.17, 15) is 25.6 Å². The molecule has 0 unspecified atom stereocenters. The van der Waals surface area contributed by atoms with E-state index >= 15 is 0 Å². The molecule has 0 bridgehead atoms. The maximum absolute atomic E-state index is 12.1. The van der Waals surface area contributed by atoms with E-state index in [1.54, 1.807) is 0 Å². The topological polar surface area (TPSA) is 107 Å². The Kier molecular flexibility index (Phi) is 4.31. The smallest absolute Gasteiger partial charge is 0.317 e. The van der Waals surface area contributed by atoms with E-state index in [4.69, 9.17) is 5.14 Å². The van der Waals surface area contributed by atoms with Gasteiger partial charge in [-0.05, 0) is 24.3 Å². The van der Waals surface area contributed by atoms with Gasteiger partial charge in [-0.2, -0.15) is 13.1 Å². The van der Waals surface area contributed by atoms with Gasteiger partial charge in [-0.15, -0.1) is 0 Å². The standard InChI is InChI=1S/C10H12F2N2O5S2/c11-10(12)19-7-5-14(6-7)21(17,18)9-3-1-8(2-4-9)20(13,15)16/h1-4,7,10H,5-6H2,(H2,13,15,16). The zero-order valence-corrected chi connectivity index (χ0v) is 12.1. The van der Waals surface area contributed by atoms with E-state index < -0.39 is 32.8 Å². The minimum Gasteiger partial charge on any atom is -0.317 e. The Hall–Kier alpha value is -1.14. The van der Waals surface area contributed by atoms with Crippen LogP contribution >= 0.6 is 0 Å². The van der Waals surface area contributed by atoms with Crippen molar-refractivity contribution in [3.63, 3.8) is 0 Å². The van der Waals surface area contributed by atoms with Gasteiger partial charge in [0.2, 0.25) is 20.0 Å². The molecule has 1 aromatic carbocycles. The summed E-state index contributed by atoms with van der Waals surface area (Å²) in [7, 11) is -7.77. The predicted octanol–water partition coefficient (Wildman–Crippen LogP) is -0.0539. The van der Waals surface area contributed by atoms with E-state index in [2.05, 4.69) is 4.74 Å². The Bertz CT molecular complexity index is 712. The highest BCUT2D eigenvalue weighted by atomic mass is 32.2. The molecule has 0 atom stereocenters. The molecule has 0 spiro atoms. The first-order chi connectivity index (χ1) is 9.60. The summed E-state index contributed by atoms with van der Waals surface area (Å²) in [4.78, 5) is -0.366. The van der Waals surface area contributed by atoms with Crippen molar-refractivity contribution in [2.45, 2.75) is 22.5 Å². The third kappa shape index (κ3) is 3.55. The van der Waals surface area contributed by atoms with E-state index in [1.807, 2.05) is 0 Å². The lowest BCUT2D eigenvalue weighted by Gasteiger charge is -2.37. The number of hydrogen-bond donors (Lipinski definition) is 1. The van der Waals surface area contributed by atoms with Gasteiger partial charge in [0.05, 0.1) is 15.9 Å². The van der Waals surface area contributed by atoms with E-state index in [0.29, 0.717) is 0 Å². The molecule has 0 saturated carbocycles. The highest BCUT2D eigenvalue weighted by Gasteiger charge is 2.38. The Labute approximate surface area is 120 Å². The molecular formula is C10H12F2N2O5S2. The van der Waals surface area contributed by atoms with Gasteiger partial charge in [0.1, 0.15) is 0 Å². The van der Waals surface area contributed by atoms with Gasteiger partial charge in [-0.1, -0.05) is 0 Å². The summed E-state index contributed by atoms with van der Waals surface area (Å²) in [5.74, 6) is 0. The zero-order chi connectivity index (χ0) is 15.8. The van der Waals surface area contributed by atoms with Crippen LogP contribution in [-0.2, 0) is 24.8 Å². The van der Waals surface area contributed by atoms with Crippen molar-refractivity contribution in [1.29, 1.82) is 0 Å². The van der Waals surface area contributed by atoms with Crippen molar-refractivity contribution in [3.05, 3.63) is 24.3 Å². The molecule has 1 aliphatic rings. The first-order valence-corrected chi connectivity index (χ1v) is 8.66. The molecule has 1 aliphatic heterocycles. The number of hydrogen-bond acceptors (Lipinski definition) is 5. The first kappa shape index (κ1) is 16.2. The fourth-order valence-corrected chi connectivity index (χ4v) is 3.80. The molecule has 1 saturated heterocycles. The van der Waals surface area contributed by atoms with Gasteiger partial charge < -0.3 is 4.74 Å². The molecule has 0 amide bonds. The molecule has 2 rings (SSSR count). The molecular weight excluding hydrogens is 330 g/mol. The third-order valence-electron chi connectivity index (χ3n) is 2.90. The summed E-state index contributed by atoms with van der Waals surface area (Å²) in [6, 6.07) is 4.32. The number of rotatable bonds is 5. The predicted molar refractivity (Wildman–Crippen MR) is 67.5 cm³/mol. The van der Waals surface area contributed by atoms with Gasteiger partial charge in [-0.3, -0.25) is 0 Å². The Balaban J connectivity index is 2.11. The number of nitrogens with zero attached hydrogens (tertiary/aromatic N) is 1. The van der Waals surface area contributed by atoms with Crippen LogP contribution in [0.4, 0.5) is 8.78 Å². The number of nitrogens with two attached hydrogens (primary N) is 1. The van der Waals surface area contributed by atoms with Crippen molar-refractivity contribution < 1.29 is 30.4 Å². The number of primary sulfonamides is 1. The van der Waals surface area contributed by atoms with Crippen LogP contribution in [-0.4, -0.2) is 46.9 Å². The zero-order valence-electron chi connectivity index (χ0n) is 10.5. The number of halogens is 2. The second kappa shape index (κ2) is 5.57. The van der Waals surface area contributed by atoms with Crippen molar-refractivity contribution in [2.24, 2.45) is 5.14 Å². The minimum atomic E-state index is -3.91. The second-order valence-corrected chi connectivity index (χ2v) is 7.86. The van der Waals surface area contributed by atoms with Crippen molar-refractivity contribution in [3.8, 4) is 0 Å². The summed E-state index contributed by atoms with van der Waals surface area (Å²) >= 11 is 0. The van der Waals surface area contributed by atoms with Crippen LogP contribution in [0.1, 0.15) is 0 Å². The highest BCUT2D eigenvalue weighted by molar-refractivity contribution is 7.89. The molecule has 7 nitrogen and oxygen atoms in total. The molecule has 2 N–H and O–H groups in total. The van der Waals surface area contributed by atoms with Crippen molar-refractivity contribution in [2.75, 3.05) is 13.1 Å². The Morgan fingerprint density at radius 2 is 1.57 bits per heavy atom. The summed E-state index contributed by atoms with van der Waals surface area (Å²) in [5, 5.41) is 4.90. The molecule has 1 fully saturated rings. The molecule has 0 aromatic heterocycles. The lowest BCUT2D eigenvalue weighted by atomic mass is 10.2. The average Bonchev–Trinajstić information content (AvgIpc) is 2.32. The van der Waals surface area contributed by atoms with E-state index in [1.165, 1.54) is 0 Å². The highest BCUT2D eigenvalue weighted by Crippen LogP contribution is 2.24. The average molecular weight is 342 g/mol. The number of ether oxygens (including phenoxy) is 1. The van der Waals surface area contributed by atoms with Gasteiger partial charge >= 0.3 is 6.61 Å². The molecule has 118 valence electrons. The van der Waals surface area contributed by atoms with E-state index in [0.717, 1.165) is 28.6 Å². The molecule has 1 heterocycles.